The normalized spacial score (nSPS) is 10.3. The Balaban J connectivity index is 2.92. The summed E-state index contributed by atoms with van der Waals surface area (Å²) in [6, 6.07) is 5.44. The van der Waals surface area contributed by atoms with Crippen molar-refractivity contribution in [2.24, 2.45) is 0 Å². The molecule has 0 aliphatic carbocycles. The van der Waals surface area contributed by atoms with E-state index < -0.39 is 0 Å². The van der Waals surface area contributed by atoms with Gasteiger partial charge in [0.15, 0.2) is 11.5 Å². The van der Waals surface area contributed by atoms with Crippen molar-refractivity contribution in [3.05, 3.63) is 23.8 Å². The summed E-state index contributed by atoms with van der Waals surface area (Å²) >= 11 is 0. The Morgan fingerprint density at radius 3 is 2.00 bits per heavy atom. The maximum absolute atomic E-state index is 11.7. The second kappa shape index (κ2) is 9.98. The molecule has 122 valence electrons. The first-order chi connectivity index (χ1) is 10.6. The number of carbonyl (C=O) groups excluding carboxylic acids is 2. The van der Waals surface area contributed by atoms with Crippen LogP contribution in [0.1, 0.15) is 64.9 Å². The molecule has 0 bridgehead atoms. The number of carbonyl (C=O) groups is 2. The van der Waals surface area contributed by atoms with Crippen molar-refractivity contribution < 1.29 is 19.1 Å². The summed E-state index contributed by atoms with van der Waals surface area (Å²) in [4.78, 5) is 23.4. The van der Waals surface area contributed by atoms with Gasteiger partial charge in [-0.1, -0.05) is 33.3 Å². The van der Waals surface area contributed by atoms with Gasteiger partial charge in [-0.25, -0.2) is 0 Å². The molecule has 0 N–H and O–H groups in total. The second-order valence-corrected chi connectivity index (χ2v) is 5.33. The molecule has 0 heterocycles. The highest BCUT2D eigenvalue weighted by molar-refractivity contribution is 5.76. The zero-order valence-corrected chi connectivity index (χ0v) is 13.8. The molecule has 0 saturated carbocycles. The molecule has 4 heteroatoms. The predicted molar refractivity (Wildman–Crippen MR) is 86.1 cm³/mol. The molecule has 1 aromatic rings. The molecule has 0 atom stereocenters. The van der Waals surface area contributed by atoms with Crippen molar-refractivity contribution in [3.63, 3.8) is 0 Å². The number of ether oxygens (including phenoxy) is 2. The van der Waals surface area contributed by atoms with Crippen LogP contribution >= 0.6 is 0 Å². The minimum Gasteiger partial charge on any atom is -0.423 e. The largest absolute Gasteiger partial charge is 0.423 e. The van der Waals surface area contributed by atoms with E-state index in [9.17, 15) is 9.59 Å². The number of hydrogen-bond acceptors (Lipinski definition) is 4. The second-order valence-electron chi connectivity index (χ2n) is 5.33. The predicted octanol–water partition coefficient (Wildman–Crippen LogP) is 4.44. The van der Waals surface area contributed by atoms with Crippen LogP contribution in [0, 0.1) is 0 Å². The summed E-state index contributed by atoms with van der Waals surface area (Å²) in [6.45, 7) is 5.96. The first kappa shape index (κ1) is 18.2. The summed E-state index contributed by atoms with van der Waals surface area (Å²) in [5, 5.41) is 0. The molecule has 1 rings (SSSR count). The molecule has 22 heavy (non-hydrogen) atoms. The lowest BCUT2D eigenvalue weighted by molar-refractivity contribution is -0.137. The standard InChI is InChI=1S/C18H26O4/c1-4-7-10-14-11-12-15(21-17(19)8-5-2)16(13-14)22-18(20)9-6-3/h11-13H,4-10H2,1-3H3. The van der Waals surface area contributed by atoms with Crippen LogP contribution in [0.3, 0.4) is 0 Å². The van der Waals surface area contributed by atoms with Gasteiger partial charge in [0.2, 0.25) is 0 Å². The van der Waals surface area contributed by atoms with E-state index in [-0.39, 0.29) is 11.9 Å². The van der Waals surface area contributed by atoms with E-state index in [1.54, 1.807) is 12.1 Å². The number of hydrogen-bond donors (Lipinski definition) is 0. The van der Waals surface area contributed by atoms with Crippen LogP contribution < -0.4 is 9.47 Å². The van der Waals surface area contributed by atoms with Crippen molar-refractivity contribution in [2.45, 2.75) is 65.7 Å². The molecule has 0 saturated heterocycles. The van der Waals surface area contributed by atoms with Crippen molar-refractivity contribution in [1.82, 2.24) is 0 Å². The van der Waals surface area contributed by atoms with Crippen LogP contribution in [0.15, 0.2) is 18.2 Å². The van der Waals surface area contributed by atoms with E-state index in [1.807, 2.05) is 19.9 Å². The lowest BCUT2D eigenvalue weighted by Gasteiger charge is -2.12. The van der Waals surface area contributed by atoms with Gasteiger partial charge >= 0.3 is 11.9 Å². The molecule has 0 spiro atoms. The first-order valence-corrected chi connectivity index (χ1v) is 8.14. The summed E-state index contributed by atoms with van der Waals surface area (Å²) in [5.41, 5.74) is 1.08. The molecule has 0 aliphatic heterocycles. The number of benzene rings is 1. The molecule has 0 radical (unpaired) electrons. The SMILES string of the molecule is CCCCc1ccc(OC(=O)CCC)c(OC(=O)CCC)c1. The van der Waals surface area contributed by atoms with E-state index in [4.69, 9.17) is 9.47 Å². The summed E-state index contributed by atoms with van der Waals surface area (Å²) in [6.07, 6.45) is 5.21. The average Bonchev–Trinajstić information content (AvgIpc) is 2.48. The Kier molecular flexibility index (Phi) is 8.26. The van der Waals surface area contributed by atoms with Gasteiger partial charge in [-0.3, -0.25) is 9.59 Å². The van der Waals surface area contributed by atoms with Crippen molar-refractivity contribution in [3.8, 4) is 11.5 Å². The van der Waals surface area contributed by atoms with E-state index >= 15 is 0 Å². The van der Waals surface area contributed by atoms with Crippen molar-refractivity contribution in [2.75, 3.05) is 0 Å². The minimum absolute atomic E-state index is 0.303. The molecular weight excluding hydrogens is 280 g/mol. The molecule has 0 aliphatic rings. The Labute approximate surface area is 132 Å². The lowest BCUT2D eigenvalue weighted by Crippen LogP contribution is -2.12. The Morgan fingerprint density at radius 1 is 0.864 bits per heavy atom. The highest BCUT2D eigenvalue weighted by Crippen LogP contribution is 2.30. The fraction of sp³-hybridized carbons (Fsp3) is 0.556. The van der Waals surface area contributed by atoms with Gasteiger partial charge < -0.3 is 9.47 Å². The van der Waals surface area contributed by atoms with Gasteiger partial charge in [-0.15, -0.1) is 0 Å². The van der Waals surface area contributed by atoms with Crippen LogP contribution in [0.25, 0.3) is 0 Å². The molecule has 0 aromatic heterocycles. The highest BCUT2D eigenvalue weighted by atomic mass is 16.6. The monoisotopic (exact) mass is 306 g/mol. The van der Waals surface area contributed by atoms with Crippen LogP contribution in [0.5, 0.6) is 11.5 Å². The smallest absolute Gasteiger partial charge is 0.311 e. The third kappa shape index (κ3) is 6.29. The van der Waals surface area contributed by atoms with Crippen LogP contribution in [-0.4, -0.2) is 11.9 Å². The fourth-order valence-corrected chi connectivity index (χ4v) is 2.01. The van der Waals surface area contributed by atoms with Gasteiger partial charge in [-0.05, 0) is 43.4 Å². The van der Waals surface area contributed by atoms with E-state index in [0.717, 1.165) is 37.7 Å². The number of rotatable bonds is 9. The van der Waals surface area contributed by atoms with Gasteiger partial charge in [0.05, 0.1) is 0 Å². The van der Waals surface area contributed by atoms with E-state index in [0.29, 0.717) is 24.3 Å². The minimum atomic E-state index is -0.309. The van der Waals surface area contributed by atoms with E-state index in [2.05, 4.69) is 6.92 Å². The van der Waals surface area contributed by atoms with Crippen LogP contribution in [0.4, 0.5) is 0 Å². The van der Waals surface area contributed by atoms with Gasteiger partial charge in [0, 0.05) is 12.8 Å². The molecular formula is C18H26O4. The lowest BCUT2D eigenvalue weighted by atomic mass is 10.1. The zero-order valence-electron chi connectivity index (χ0n) is 13.8. The highest BCUT2D eigenvalue weighted by Gasteiger charge is 2.14. The third-order valence-electron chi connectivity index (χ3n) is 3.18. The van der Waals surface area contributed by atoms with Crippen LogP contribution in [-0.2, 0) is 16.0 Å². The number of unbranched alkanes of at least 4 members (excludes halogenated alkanes) is 1. The molecule has 0 fully saturated rings. The summed E-state index contributed by atoms with van der Waals surface area (Å²) < 4.78 is 10.7. The molecule has 0 amide bonds. The van der Waals surface area contributed by atoms with Crippen LogP contribution in [0.2, 0.25) is 0 Å². The Hall–Kier alpha value is -1.84. The van der Waals surface area contributed by atoms with E-state index in [1.165, 1.54) is 0 Å². The quantitative estimate of drug-likeness (QED) is 0.500. The summed E-state index contributed by atoms with van der Waals surface area (Å²) in [5.74, 6) is 0.0548. The van der Waals surface area contributed by atoms with Gasteiger partial charge in [0.1, 0.15) is 0 Å². The number of esters is 2. The molecule has 0 unspecified atom stereocenters. The van der Waals surface area contributed by atoms with Crippen molar-refractivity contribution in [1.29, 1.82) is 0 Å². The van der Waals surface area contributed by atoms with Gasteiger partial charge in [-0.2, -0.15) is 0 Å². The average molecular weight is 306 g/mol. The fourth-order valence-electron chi connectivity index (χ4n) is 2.01. The number of aryl methyl sites for hydroxylation is 1. The Bertz CT molecular complexity index is 494. The first-order valence-electron chi connectivity index (χ1n) is 8.14. The third-order valence-corrected chi connectivity index (χ3v) is 3.18. The maximum Gasteiger partial charge on any atom is 0.311 e. The zero-order chi connectivity index (χ0) is 16.4. The Morgan fingerprint density at radius 2 is 1.45 bits per heavy atom. The topological polar surface area (TPSA) is 52.6 Å². The molecule has 4 nitrogen and oxygen atoms in total. The van der Waals surface area contributed by atoms with Crippen molar-refractivity contribution >= 4 is 11.9 Å². The van der Waals surface area contributed by atoms with Gasteiger partial charge in [0.25, 0.3) is 0 Å². The summed E-state index contributed by atoms with van der Waals surface area (Å²) in [7, 11) is 0. The molecule has 1 aromatic carbocycles. The maximum atomic E-state index is 11.7.